The summed E-state index contributed by atoms with van der Waals surface area (Å²) in [6.45, 7) is 4.55. The van der Waals surface area contributed by atoms with Crippen molar-refractivity contribution in [1.82, 2.24) is 9.13 Å². The van der Waals surface area contributed by atoms with Gasteiger partial charge in [-0.05, 0) is 55.8 Å². The maximum absolute atomic E-state index is 13.0. The van der Waals surface area contributed by atoms with Crippen molar-refractivity contribution in [2.75, 3.05) is 13.7 Å². The van der Waals surface area contributed by atoms with Gasteiger partial charge in [-0.1, -0.05) is 11.6 Å². The first kappa shape index (κ1) is 21.6. The summed E-state index contributed by atoms with van der Waals surface area (Å²) in [6.07, 6.45) is 1.81. The van der Waals surface area contributed by atoms with Crippen molar-refractivity contribution in [3.8, 4) is 17.8 Å². The van der Waals surface area contributed by atoms with E-state index in [9.17, 15) is 15.3 Å². The summed E-state index contributed by atoms with van der Waals surface area (Å²) in [6, 6.07) is 13.3. The Morgan fingerprint density at radius 1 is 1.23 bits per heavy atom. The van der Waals surface area contributed by atoms with Crippen molar-refractivity contribution in [1.29, 1.82) is 10.5 Å². The van der Waals surface area contributed by atoms with Gasteiger partial charge in [0.05, 0.1) is 17.7 Å². The molecule has 0 spiro atoms. The number of aryl methyl sites for hydroxylation is 1. The molecule has 2 aromatic heterocycles. The molecule has 3 aromatic rings. The van der Waals surface area contributed by atoms with Gasteiger partial charge < -0.3 is 9.30 Å². The van der Waals surface area contributed by atoms with Crippen LogP contribution < -0.4 is 14.8 Å². The topological polar surface area (TPSA) is 83.7 Å². The van der Waals surface area contributed by atoms with Crippen LogP contribution in [-0.2, 0) is 11.3 Å². The average molecular weight is 439 g/mol. The summed E-state index contributed by atoms with van der Waals surface area (Å²) in [5.41, 5.74) is 3.52. The number of methoxy groups -OCH3 is 1. The molecule has 0 aliphatic heterocycles. The fourth-order valence-corrected chi connectivity index (χ4v) is 4.47. The highest BCUT2D eigenvalue weighted by atomic mass is 35.5. The van der Waals surface area contributed by atoms with Crippen LogP contribution in [0.5, 0.6) is 0 Å². The van der Waals surface area contributed by atoms with Gasteiger partial charge in [0.2, 0.25) is 0 Å². The van der Waals surface area contributed by atoms with Crippen LogP contribution in [0.25, 0.3) is 17.3 Å². The molecule has 6 nitrogen and oxygen atoms in total. The molecule has 0 unspecified atom stereocenters. The van der Waals surface area contributed by atoms with E-state index in [1.54, 1.807) is 6.08 Å². The van der Waals surface area contributed by atoms with Gasteiger partial charge in [-0.15, -0.1) is 11.3 Å². The summed E-state index contributed by atoms with van der Waals surface area (Å²) in [7, 11) is 1.54. The zero-order valence-electron chi connectivity index (χ0n) is 16.8. The molecule has 8 heteroatoms. The third-order valence-electron chi connectivity index (χ3n) is 4.71. The van der Waals surface area contributed by atoms with Gasteiger partial charge in [0.15, 0.2) is 5.57 Å². The molecule has 0 saturated carbocycles. The molecule has 30 heavy (non-hydrogen) atoms. The molecule has 0 amide bonds. The van der Waals surface area contributed by atoms with E-state index in [1.165, 1.54) is 11.7 Å². The summed E-state index contributed by atoms with van der Waals surface area (Å²) in [5, 5.41) is 19.2. The first-order valence-corrected chi connectivity index (χ1v) is 10.3. The maximum Gasteiger partial charge on any atom is 0.269 e. The van der Waals surface area contributed by atoms with Crippen molar-refractivity contribution in [3.05, 3.63) is 71.9 Å². The maximum atomic E-state index is 13.0. The first-order valence-electron chi connectivity index (χ1n) is 9.11. The van der Waals surface area contributed by atoms with Gasteiger partial charge in [0.1, 0.15) is 16.8 Å². The third kappa shape index (κ3) is 4.10. The highest BCUT2D eigenvalue weighted by molar-refractivity contribution is 7.07. The molecule has 0 bridgehead atoms. The third-order valence-corrected chi connectivity index (χ3v) is 6.09. The van der Waals surface area contributed by atoms with Gasteiger partial charge in [-0.3, -0.25) is 9.36 Å². The number of thiazole rings is 1. The Hall–Kier alpha value is -3.10. The van der Waals surface area contributed by atoms with Gasteiger partial charge in [-0.2, -0.15) is 10.5 Å². The van der Waals surface area contributed by atoms with Crippen LogP contribution in [0.1, 0.15) is 17.0 Å². The quantitative estimate of drug-likeness (QED) is 0.613. The molecule has 0 saturated heterocycles. The lowest BCUT2D eigenvalue weighted by molar-refractivity contribution is 0.186. The molecule has 1 aromatic carbocycles. The normalized spacial score (nSPS) is 11.3. The van der Waals surface area contributed by atoms with Crippen molar-refractivity contribution in [2.24, 2.45) is 0 Å². The number of hydrogen-bond acceptors (Lipinski definition) is 5. The number of ether oxygens (including phenoxy) is 1. The second kappa shape index (κ2) is 9.15. The van der Waals surface area contributed by atoms with Crippen molar-refractivity contribution >= 4 is 34.6 Å². The lowest BCUT2D eigenvalue weighted by Gasteiger charge is -2.09. The predicted molar refractivity (Wildman–Crippen MR) is 118 cm³/mol. The molecular weight excluding hydrogens is 420 g/mol. The van der Waals surface area contributed by atoms with Crippen molar-refractivity contribution in [2.45, 2.75) is 20.4 Å². The van der Waals surface area contributed by atoms with Gasteiger partial charge in [0.25, 0.3) is 5.56 Å². The molecule has 0 aliphatic rings. The van der Waals surface area contributed by atoms with E-state index >= 15 is 0 Å². The minimum absolute atomic E-state index is 0.0838. The fraction of sp³-hybridized carbons (Fsp3) is 0.227. The lowest BCUT2D eigenvalue weighted by Crippen LogP contribution is -2.33. The number of aromatic nitrogens is 2. The number of benzene rings is 1. The second-order valence-corrected chi connectivity index (χ2v) is 8.07. The summed E-state index contributed by atoms with van der Waals surface area (Å²) in [5.74, 6) is 0. The van der Waals surface area contributed by atoms with Gasteiger partial charge in [-0.25, -0.2) is 0 Å². The van der Waals surface area contributed by atoms with E-state index in [1.807, 2.05) is 56.3 Å². The molecular formula is C22H19ClN4O2S. The molecule has 0 atom stereocenters. The Labute approximate surface area is 182 Å². The van der Waals surface area contributed by atoms with Gasteiger partial charge >= 0.3 is 0 Å². The minimum atomic E-state index is -0.244. The summed E-state index contributed by atoms with van der Waals surface area (Å²) >= 11 is 7.14. The summed E-state index contributed by atoms with van der Waals surface area (Å²) < 4.78 is 9.39. The van der Waals surface area contributed by atoms with Crippen LogP contribution in [0.15, 0.2) is 35.1 Å². The van der Waals surface area contributed by atoms with E-state index in [0.29, 0.717) is 20.8 Å². The Morgan fingerprint density at radius 3 is 2.50 bits per heavy atom. The Bertz CT molecular complexity index is 1330. The molecule has 0 N–H and O–H groups in total. The van der Waals surface area contributed by atoms with Crippen LogP contribution >= 0.6 is 22.9 Å². The monoisotopic (exact) mass is 438 g/mol. The van der Waals surface area contributed by atoms with E-state index < -0.39 is 0 Å². The van der Waals surface area contributed by atoms with Crippen LogP contribution in [-0.4, -0.2) is 22.9 Å². The lowest BCUT2D eigenvalue weighted by atomic mass is 10.2. The zero-order chi connectivity index (χ0) is 21.8. The molecule has 0 radical (unpaired) electrons. The standard InChI is InChI=1S/C22H19ClN4O2S/c1-14-10-16(15(2)27(14)19-6-4-18(23)5-7-19)11-20-21(28)26(8-9-29-3)22(30-20)17(12-24)13-25/h4-7,10-11H,8-9H2,1-3H3/b20-11+. The fourth-order valence-electron chi connectivity index (χ4n) is 3.27. The predicted octanol–water partition coefficient (Wildman–Crippen LogP) is 2.64. The number of nitriles is 2. The molecule has 0 fully saturated rings. The number of halogens is 1. The molecule has 152 valence electrons. The van der Waals surface area contributed by atoms with Crippen molar-refractivity contribution < 1.29 is 4.74 Å². The van der Waals surface area contributed by atoms with Crippen LogP contribution in [0.4, 0.5) is 0 Å². The Kier molecular flexibility index (Phi) is 6.59. The van der Waals surface area contributed by atoms with E-state index in [0.717, 1.165) is 34.0 Å². The van der Waals surface area contributed by atoms with E-state index in [2.05, 4.69) is 4.57 Å². The number of hydrogen-bond donors (Lipinski definition) is 0. The number of nitrogens with zero attached hydrogens (tertiary/aromatic N) is 4. The molecule has 0 aliphatic carbocycles. The first-order chi connectivity index (χ1) is 14.4. The number of rotatable bonds is 5. The SMILES string of the molecule is COCCn1c(=C(C#N)C#N)s/c(=C/c2cc(C)n(-c3ccc(Cl)cc3)c2C)c1=O. The minimum Gasteiger partial charge on any atom is -0.383 e. The highest BCUT2D eigenvalue weighted by Crippen LogP contribution is 2.22. The smallest absolute Gasteiger partial charge is 0.269 e. The Morgan fingerprint density at radius 2 is 1.90 bits per heavy atom. The van der Waals surface area contributed by atoms with Crippen LogP contribution in [0.2, 0.25) is 5.02 Å². The van der Waals surface area contributed by atoms with E-state index in [-0.39, 0.29) is 17.7 Å². The average Bonchev–Trinajstić information content (AvgIpc) is 3.18. The van der Waals surface area contributed by atoms with Crippen LogP contribution in [0, 0.1) is 36.5 Å². The van der Waals surface area contributed by atoms with E-state index in [4.69, 9.17) is 16.3 Å². The van der Waals surface area contributed by atoms with Crippen LogP contribution in [0.3, 0.4) is 0 Å². The summed E-state index contributed by atoms with van der Waals surface area (Å²) in [4.78, 5) is 13.0. The van der Waals surface area contributed by atoms with Gasteiger partial charge in [0, 0.05) is 29.2 Å². The molecule has 3 rings (SSSR count). The largest absolute Gasteiger partial charge is 0.383 e. The van der Waals surface area contributed by atoms with Crippen molar-refractivity contribution in [3.63, 3.8) is 0 Å². The second-order valence-electron chi connectivity index (χ2n) is 6.60. The highest BCUT2D eigenvalue weighted by Gasteiger charge is 2.12. The zero-order valence-corrected chi connectivity index (χ0v) is 18.3. The Balaban J connectivity index is 2.22. The molecule has 2 heterocycles.